The summed E-state index contributed by atoms with van der Waals surface area (Å²) in [4.78, 5) is 13.3. The number of hydrogen-bond donors (Lipinski definition) is 1. The Morgan fingerprint density at radius 2 is 2.53 bits per heavy atom. The van der Waals surface area contributed by atoms with Gasteiger partial charge in [0.2, 0.25) is 5.91 Å². The molecule has 84 valence electrons. The normalized spacial score (nSPS) is 23.3. The summed E-state index contributed by atoms with van der Waals surface area (Å²) >= 11 is 0. The molecule has 1 aliphatic heterocycles. The van der Waals surface area contributed by atoms with Gasteiger partial charge in [-0.3, -0.25) is 4.79 Å². The Morgan fingerprint density at radius 3 is 3.13 bits per heavy atom. The molecule has 2 unspecified atom stereocenters. The van der Waals surface area contributed by atoms with Crippen molar-refractivity contribution >= 4 is 5.91 Å². The molecule has 15 heavy (non-hydrogen) atoms. The number of morpholine rings is 1. The first-order valence-electron chi connectivity index (χ1n) is 5.18. The topological polar surface area (TPSA) is 79.3 Å². The maximum absolute atomic E-state index is 11.7. The van der Waals surface area contributed by atoms with Crippen molar-refractivity contribution in [3.05, 3.63) is 0 Å². The fraction of sp³-hybridized carbons (Fsp3) is 0.800. The van der Waals surface area contributed by atoms with Crippen molar-refractivity contribution in [3.8, 4) is 6.07 Å². The van der Waals surface area contributed by atoms with Crippen LogP contribution in [0.4, 0.5) is 0 Å². The van der Waals surface area contributed by atoms with Crippen molar-refractivity contribution in [1.82, 2.24) is 4.90 Å². The number of rotatable bonds is 3. The highest BCUT2D eigenvalue weighted by atomic mass is 16.5. The number of carbonyl (C=O) groups is 1. The molecule has 0 radical (unpaired) electrons. The van der Waals surface area contributed by atoms with Gasteiger partial charge in [0, 0.05) is 19.0 Å². The van der Waals surface area contributed by atoms with E-state index in [1.165, 1.54) is 0 Å². The van der Waals surface area contributed by atoms with Crippen LogP contribution in [0, 0.1) is 11.3 Å². The Hall–Kier alpha value is -1.12. The van der Waals surface area contributed by atoms with E-state index >= 15 is 0 Å². The monoisotopic (exact) mass is 211 g/mol. The van der Waals surface area contributed by atoms with Gasteiger partial charge >= 0.3 is 0 Å². The molecular formula is C10H17N3O2. The number of nitriles is 1. The molecule has 0 bridgehead atoms. The fourth-order valence-corrected chi connectivity index (χ4v) is 1.46. The quantitative estimate of drug-likeness (QED) is 0.705. The first-order chi connectivity index (χ1) is 7.13. The zero-order chi connectivity index (χ0) is 11.3. The fourth-order valence-electron chi connectivity index (χ4n) is 1.46. The van der Waals surface area contributed by atoms with E-state index in [1.807, 2.05) is 13.0 Å². The molecule has 0 saturated carbocycles. The number of ether oxygens (including phenoxy) is 1. The minimum absolute atomic E-state index is 0.0433. The summed E-state index contributed by atoms with van der Waals surface area (Å²) in [5, 5.41) is 8.68. The molecule has 2 N–H and O–H groups in total. The third-order valence-electron chi connectivity index (χ3n) is 2.38. The van der Waals surface area contributed by atoms with Crippen LogP contribution in [-0.2, 0) is 9.53 Å². The van der Waals surface area contributed by atoms with Gasteiger partial charge in [-0.1, -0.05) is 0 Å². The van der Waals surface area contributed by atoms with Gasteiger partial charge in [0.25, 0.3) is 0 Å². The molecular weight excluding hydrogens is 194 g/mol. The summed E-state index contributed by atoms with van der Waals surface area (Å²) in [7, 11) is 0. The van der Waals surface area contributed by atoms with Crippen molar-refractivity contribution in [2.75, 3.05) is 19.7 Å². The standard InChI is InChI=1S/C10H17N3O2/c1-8(12)2-3-10(14)13-4-5-15-9(6-11)7-13/h8-9H,2-5,7,12H2,1H3. The van der Waals surface area contributed by atoms with Crippen LogP contribution in [0.2, 0.25) is 0 Å². The Kier molecular flexibility index (Phi) is 4.53. The van der Waals surface area contributed by atoms with E-state index in [0.29, 0.717) is 32.5 Å². The predicted octanol–water partition coefficient (Wildman–Crippen LogP) is -0.135. The third-order valence-corrected chi connectivity index (χ3v) is 2.38. The van der Waals surface area contributed by atoms with Crippen molar-refractivity contribution in [2.45, 2.75) is 31.9 Å². The Labute approximate surface area is 89.8 Å². The maximum atomic E-state index is 11.7. The number of nitrogens with two attached hydrogens (primary N) is 1. The number of nitrogens with zero attached hydrogens (tertiary/aromatic N) is 2. The molecule has 0 aromatic heterocycles. The predicted molar refractivity (Wildman–Crippen MR) is 54.8 cm³/mol. The molecule has 1 fully saturated rings. The highest BCUT2D eigenvalue weighted by Crippen LogP contribution is 2.07. The molecule has 0 aliphatic carbocycles. The van der Waals surface area contributed by atoms with Gasteiger partial charge in [-0.15, -0.1) is 0 Å². The third kappa shape index (κ3) is 3.86. The second-order valence-corrected chi connectivity index (χ2v) is 3.84. The number of amides is 1. The van der Waals surface area contributed by atoms with Crippen LogP contribution in [0.5, 0.6) is 0 Å². The van der Waals surface area contributed by atoms with Crippen LogP contribution in [0.25, 0.3) is 0 Å². The average Bonchev–Trinajstić information content (AvgIpc) is 2.26. The van der Waals surface area contributed by atoms with Crippen molar-refractivity contribution < 1.29 is 9.53 Å². The van der Waals surface area contributed by atoms with Crippen LogP contribution in [0.3, 0.4) is 0 Å². The highest BCUT2D eigenvalue weighted by molar-refractivity contribution is 5.76. The van der Waals surface area contributed by atoms with Crippen molar-refractivity contribution in [3.63, 3.8) is 0 Å². The lowest BCUT2D eigenvalue weighted by Gasteiger charge is -2.30. The van der Waals surface area contributed by atoms with Crippen LogP contribution < -0.4 is 5.73 Å². The van der Waals surface area contributed by atoms with Gasteiger partial charge in [0.1, 0.15) is 0 Å². The van der Waals surface area contributed by atoms with Gasteiger partial charge in [0.15, 0.2) is 6.10 Å². The summed E-state index contributed by atoms with van der Waals surface area (Å²) < 4.78 is 5.15. The minimum Gasteiger partial charge on any atom is -0.360 e. The molecule has 0 spiro atoms. The van der Waals surface area contributed by atoms with E-state index in [-0.39, 0.29) is 11.9 Å². The number of hydrogen-bond acceptors (Lipinski definition) is 4. The van der Waals surface area contributed by atoms with Crippen molar-refractivity contribution in [1.29, 1.82) is 5.26 Å². The van der Waals surface area contributed by atoms with E-state index in [2.05, 4.69) is 0 Å². The van der Waals surface area contributed by atoms with Crippen LogP contribution in [-0.4, -0.2) is 42.6 Å². The second kappa shape index (κ2) is 5.69. The van der Waals surface area contributed by atoms with Gasteiger partial charge in [-0.2, -0.15) is 5.26 Å². The summed E-state index contributed by atoms with van der Waals surface area (Å²) in [6.07, 6.45) is 0.668. The molecule has 5 heteroatoms. The molecule has 0 aromatic rings. The van der Waals surface area contributed by atoms with Crippen LogP contribution in [0.15, 0.2) is 0 Å². The molecule has 1 aliphatic rings. The molecule has 1 saturated heterocycles. The Morgan fingerprint density at radius 1 is 1.80 bits per heavy atom. The average molecular weight is 211 g/mol. The smallest absolute Gasteiger partial charge is 0.222 e. The highest BCUT2D eigenvalue weighted by Gasteiger charge is 2.23. The van der Waals surface area contributed by atoms with Gasteiger partial charge in [0.05, 0.1) is 19.2 Å². The SMILES string of the molecule is CC(N)CCC(=O)N1CCOC(C#N)C1. The van der Waals surface area contributed by atoms with Gasteiger partial charge in [-0.25, -0.2) is 0 Å². The van der Waals surface area contributed by atoms with E-state index in [0.717, 1.165) is 0 Å². The lowest BCUT2D eigenvalue weighted by atomic mass is 10.1. The molecule has 1 heterocycles. The minimum atomic E-state index is -0.474. The first kappa shape index (κ1) is 12.0. The van der Waals surface area contributed by atoms with E-state index < -0.39 is 6.10 Å². The Bertz CT molecular complexity index is 260. The summed E-state index contributed by atoms with van der Waals surface area (Å²) in [5.74, 6) is 0.0656. The van der Waals surface area contributed by atoms with E-state index in [4.69, 9.17) is 15.7 Å². The molecule has 1 rings (SSSR count). The Balaban J connectivity index is 2.36. The van der Waals surface area contributed by atoms with Crippen LogP contribution in [0.1, 0.15) is 19.8 Å². The summed E-state index contributed by atoms with van der Waals surface area (Å²) in [5.41, 5.74) is 5.58. The summed E-state index contributed by atoms with van der Waals surface area (Å²) in [6.45, 7) is 3.29. The molecule has 2 atom stereocenters. The number of carbonyl (C=O) groups excluding carboxylic acids is 1. The van der Waals surface area contributed by atoms with E-state index in [1.54, 1.807) is 4.90 Å². The van der Waals surface area contributed by atoms with Gasteiger partial charge < -0.3 is 15.4 Å². The molecule has 0 aromatic carbocycles. The van der Waals surface area contributed by atoms with Crippen molar-refractivity contribution in [2.24, 2.45) is 5.73 Å². The first-order valence-corrected chi connectivity index (χ1v) is 5.18. The van der Waals surface area contributed by atoms with E-state index in [9.17, 15) is 4.79 Å². The zero-order valence-electron chi connectivity index (χ0n) is 8.98. The zero-order valence-corrected chi connectivity index (χ0v) is 8.98. The summed E-state index contributed by atoms with van der Waals surface area (Å²) in [6, 6.07) is 2.06. The largest absolute Gasteiger partial charge is 0.360 e. The molecule has 5 nitrogen and oxygen atoms in total. The lowest BCUT2D eigenvalue weighted by molar-refractivity contribution is -0.137. The molecule has 1 amide bonds. The maximum Gasteiger partial charge on any atom is 0.222 e. The van der Waals surface area contributed by atoms with Gasteiger partial charge in [-0.05, 0) is 13.3 Å². The van der Waals surface area contributed by atoms with Crippen LogP contribution >= 0.6 is 0 Å². The lowest BCUT2D eigenvalue weighted by Crippen LogP contribution is -2.45. The second-order valence-electron chi connectivity index (χ2n) is 3.84.